The maximum absolute atomic E-state index is 10.6. The van der Waals surface area contributed by atoms with Crippen LogP contribution >= 0.6 is 0 Å². The summed E-state index contributed by atoms with van der Waals surface area (Å²) in [5.74, 6) is 0.649. The number of carboxylic acid groups (broad SMARTS) is 1. The summed E-state index contributed by atoms with van der Waals surface area (Å²) in [7, 11) is 0. The molecule has 1 aromatic carbocycles. The molecule has 1 aliphatic rings. The standard InChI is InChI=1S/C13H10N4O3.C6H12/c1-8-6-11(16-12(15-8)17-13(18)19)20-10-4-2-9(7-14)3-5-10;1-2-4-6-5-3-1/h2-6H,1H3,(H,18,19)(H,15,16,17);1-6H2. The minimum absolute atomic E-state index is 0.0545. The van der Waals surface area contributed by atoms with Gasteiger partial charge in [0, 0.05) is 11.8 Å². The topological polar surface area (TPSA) is 108 Å². The molecular formula is C19H22N4O3. The molecule has 1 aromatic heterocycles. The molecule has 0 saturated heterocycles. The van der Waals surface area contributed by atoms with Crippen LogP contribution in [0.4, 0.5) is 10.7 Å². The number of hydrogen-bond acceptors (Lipinski definition) is 5. The SMILES string of the molecule is C1CCCCC1.Cc1cc(Oc2ccc(C#N)cc2)nc(NC(=O)O)n1. The zero-order valence-corrected chi connectivity index (χ0v) is 14.7. The Bertz CT molecular complexity index is 754. The van der Waals surface area contributed by atoms with E-state index in [1.54, 1.807) is 37.3 Å². The highest BCUT2D eigenvalue weighted by atomic mass is 16.5. The highest BCUT2D eigenvalue weighted by molar-refractivity contribution is 5.80. The number of carbonyl (C=O) groups is 1. The van der Waals surface area contributed by atoms with E-state index in [2.05, 4.69) is 15.3 Å². The lowest BCUT2D eigenvalue weighted by atomic mass is 10.0. The van der Waals surface area contributed by atoms with Gasteiger partial charge in [0.25, 0.3) is 0 Å². The molecule has 7 heteroatoms. The zero-order chi connectivity index (χ0) is 18.8. The van der Waals surface area contributed by atoms with E-state index in [0.717, 1.165) is 0 Å². The first-order valence-corrected chi connectivity index (χ1v) is 8.60. The van der Waals surface area contributed by atoms with Crippen molar-refractivity contribution in [1.82, 2.24) is 9.97 Å². The quantitative estimate of drug-likeness (QED) is 0.813. The van der Waals surface area contributed by atoms with Gasteiger partial charge in [-0.05, 0) is 31.2 Å². The molecule has 1 saturated carbocycles. The molecule has 1 heterocycles. The second-order valence-electron chi connectivity index (χ2n) is 5.96. The van der Waals surface area contributed by atoms with Gasteiger partial charge < -0.3 is 9.84 Å². The fourth-order valence-corrected chi connectivity index (χ4v) is 2.52. The van der Waals surface area contributed by atoms with Gasteiger partial charge in [0.15, 0.2) is 0 Å². The lowest BCUT2D eigenvalue weighted by molar-refractivity contribution is 0.209. The zero-order valence-electron chi connectivity index (χ0n) is 14.7. The number of anilines is 1. The summed E-state index contributed by atoms with van der Waals surface area (Å²) in [5.41, 5.74) is 1.08. The summed E-state index contributed by atoms with van der Waals surface area (Å²) < 4.78 is 5.49. The van der Waals surface area contributed by atoms with E-state index in [4.69, 9.17) is 15.1 Å². The van der Waals surface area contributed by atoms with Crippen molar-refractivity contribution >= 4 is 12.0 Å². The summed E-state index contributed by atoms with van der Waals surface area (Å²) in [4.78, 5) is 18.4. The van der Waals surface area contributed by atoms with Gasteiger partial charge >= 0.3 is 6.09 Å². The predicted molar refractivity (Wildman–Crippen MR) is 97.3 cm³/mol. The molecular weight excluding hydrogens is 332 g/mol. The lowest BCUT2D eigenvalue weighted by Crippen LogP contribution is -2.11. The number of nitrogens with one attached hydrogen (secondary N) is 1. The van der Waals surface area contributed by atoms with Crippen molar-refractivity contribution in [3.63, 3.8) is 0 Å². The minimum Gasteiger partial charge on any atom is -0.465 e. The van der Waals surface area contributed by atoms with Crippen molar-refractivity contribution in [1.29, 1.82) is 5.26 Å². The molecule has 0 spiro atoms. The Morgan fingerprint density at radius 2 is 1.69 bits per heavy atom. The van der Waals surface area contributed by atoms with E-state index in [1.807, 2.05) is 6.07 Å². The average molecular weight is 354 g/mol. The third-order valence-electron chi connectivity index (χ3n) is 3.76. The van der Waals surface area contributed by atoms with Gasteiger partial charge in [-0.3, -0.25) is 5.32 Å². The molecule has 136 valence electrons. The Labute approximate surface area is 152 Å². The summed E-state index contributed by atoms with van der Waals surface area (Å²) in [6.07, 6.45) is 7.75. The Balaban J connectivity index is 0.000000342. The van der Waals surface area contributed by atoms with Crippen molar-refractivity contribution in [2.24, 2.45) is 0 Å². The summed E-state index contributed by atoms with van der Waals surface area (Å²) >= 11 is 0. The normalized spacial score (nSPS) is 12.9. The van der Waals surface area contributed by atoms with E-state index in [9.17, 15) is 4.79 Å². The number of nitrogens with zero attached hydrogens (tertiary/aromatic N) is 3. The smallest absolute Gasteiger partial charge is 0.411 e. The van der Waals surface area contributed by atoms with Crippen LogP contribution in [0.15, 0.2) is 30.3 Å². The number of nitriles is 1. The summed E-state index contributed by atoms with van der Waals surface area (Å²) in [6.45, 7) is 1.69. The van der Waals surface area contributed by atoms with Crippen LogP contribution in [0.25, 0.3) is 0 Å². The van der Waals surface area contributed by atoms with Crippen LogP contribution in [0, 0.1) is 18.3 Å². The first-order chi connectivity index (χ1) is 12.6. The molecule has 26 heavy (non-hydrogen) atoms. The molecule has 1 aliphatic carbocycles. The molecule has 0 atom stereocenters. The van der Waals surface area contributed by atoms with E-state index in [1.165, 1.54) is 38.5 Å². The fraction of sp³-hybridized carbons (Fsp3) is 0.368. The van der Waals surface area contributed by atoms with Crippen molar-refractivity contribution in [2.75, 3.05) is 5.32 Å². The highest BCUT2D eigenvalue weighted by Crippen LogP contribution is 2.21. The number of aryl methyl sites for hydroxylation is 1. The predicted octanol–water partition coefficient (Wildman–Crippen LogP) is 4.88. The summed E-state index contributed by atoms with van der Waals surface area (Å²) in [6, 6.07) is 10.0. The molecule has 0 aliphatic heterocycles. The lowest BCUT2D eigenvalue weighted by Gasteiger charge is -2.07. The maximum atomic E-state index is 10.6. The Morgan fingerprint density at radius 1 is 1.12 bits per heavy atom. The maximum Gasteiger partial charge on any atom is 0.411 e. The number of ether oxygens (including phenoxy) is 1. The van der Waals surface area contributed by atoms with E-state index < -0.39 is 6.09 Å². The van der Waals surface area contributed by atoms with Gasteiger partial charge in [-0.15, -0.1) is 0 Å². The molecule has 2 aromatic rings. The highest BCUT2D eigenvalue weighted by Gasteiger charge is 2.07. The molecule has 2 N–H and O–H groups in total. The van der Waals surface area contributed by atoms with E-state index in [-0.39, 0.29) is 11.8 Å². The third-order valence-corrected chi connectivity index (χ3v) is 3.76. The summed E-state index contributed by atoms with van der Waals surface area (Å²) in [5, 5.41) is 19.4. The molecule has 1 amide bonds. The first-order valence-electron chi connectivity index (χ1n) is 8.60. The van der Waals surface area contributed by atoms with Crippen LogP contribution in [0.1, 0.15) is 49.8 Å². The van der Waals surface area contributed by atoms with Gasteiger partial charge in [-0.1, -0.05) is 38.5 Å². The van der Waals surface area contributed by atoms with Gasteiger partial charge in [0.1, 0.15) is 5.75 Å². The number of benzene rings is 1. The molecule has 7 nitrogen and oxygen atoms in total. The van der Waals surface area contributed by atoms with Crippen LogP contribution in [0.3, 0.4) is 0 Å². The van der Waals surface area contributed by atoms with Crippen LogP contribution in [0.2, 0.25) is 0 Å². The minimum atomic E-state index is -1.25. The molecule has 3 rings (SSSR count). The van der Waals surface area contributed by atoms with E-state index >= 15 is 0 Å². The number of amides is 1. The van der Waals surface area contributed by atoms with Crippen molar-refractivity contribution in [2.45, 2.75) is 45.4 Å². The Hall–Kier alpha value is -3.14. The first kappa shape index (κ1) is 19.2. The van der Waals surface area contributed by atoms with Crippen molar-refractivity contribution in [3.05, 3.63) is 41.6 Å². The van der Waals surface area contributed by atoms with Gasteiger partial charge in [0.05, 0.1) is 11.6 Å². The number of rotatable bonds is 3. The molecule has 0 bridgehead atoms. The van der Waals surface area contributed by atoms with Gasteiger partial charge in [-0.25, -0.2) is 9.78 Å². The Kier molecular flexibility index (Phi) is 7.37. The average Bonchev–Trinajstić information content (AvgIpc) is 2.63. The third kappa shape index (κ3) is 6.77. The number of aromatic nitrogens is 2. The van der Waals surface area contributed by atoms with Crippen molar-refractivity contribution in [3.8, 4) is 17.7 Å². The molecule has 1 fully saturated rings. The van der Waals surface area contributed by atoms with Crippen LogP contribution < -0.4 is 10.1 Å². The second kappa shape index (κ2) is 9.99. The van der Waals surface area contributed by atoms with E-state index in [0.29, 0.717) is 17.0 Å². The molecule has 0 unspecified atom stereocenters. The fourth-order valence-electron chi connectivity index (χ4n) is 2.52. The monoisotopic (exact) mass is 354 g/mol. The van der Waals surface area contributed by atoms with Gasteiger partial charge in [-0.2, -0.15) is 10.2 Å². The van der Waals surface area contributed by atoms with Crippen molar-refractivity contribution < 1.29 is 14.6 Å². The van der Waals surface area contributed by atoms with Crippen LogP contribution in [-0.2, 0) is 0 Å². The van der Waals surface area contributed by atoms with Crippen LogP contribution in [0.5, 0.6) is 11.6 Å². The van der Waals surface area contributed by atoms with Gasteiger partial charge in [0.2, 0.25) is 11.8 Å². The largest absolute Gasteiger partial charge is 0.465 e. The molecule has 0 radical (unpaired) electrons. The van der Waals surface area contributed by atoms with Crippen LogP contribution in [-0.4, -0.2) is 21.2 Å². The number of hydrogen-bond donors (Lipinski definition) is 2. The Morgan fingerprint density at radius 3 is 2.19 bits per heavy atom. The second-order valence-corrected chi connectivity index (χ2v) is 5.96.